The molecule has 1 saturated heterocycles. The Morgan fingerprint density at radius 2 is 2.07 bits per heavy atom. The predicted octanol–water partition coefficient (Wildman–Crippen LogP) is 0.477. The second kappa shape index (κ2) is 5.22. The molecule has 1 aliphatic rings. The van der Waals surface area contributed by atoms with Gasteiger partial charge in [-0.1, -0.05) is 11.6 Å². The van der Waals surface area contributed by atoms with E-state index in [0.717, 1.165) is 25.9 Å². The molecule has 80 valence electrons. The molecular formula is C9H17ClN4. The fraction of sp³-hybridized carbons (Fsp3) is 0.667. The van der Waals surface area contributed by atoms with E-state index in [1.54, 1.807) is 0 Å². The second-order valence-corrected chi connectivity index (χ2v) is 3.93. The van der Waals surface area contributed by atoms with Gasteiger partial charge >= 0.3 is 0 Å². The summed E-state index contributed by atoms with van der Waals surface area (Å²) in [4.78, 5) is 6.60. The Morgan fingerprint density at radius 1 is 1.50 bits per heavy atom. The van der Waals surface area contributed by atoms with Crippen molar-refractivity contribution in [3.63, 3.8) is 0 Å². The molecule has 4 nitrogen and oxygen atoms in total. The number of aliphatic imine (C=N–C) groups is 1. The fourth-order valence-corrected chi connectivity index (χ4v) is 1.63. The Balaban J connectivity index is 2.51. The lowest BCUT2D eigenvalue weighted by atomic mass is 10.1. The van der Waals surface area contributed by atoms with E-state index in [0.29, 0.717) is 10.9 Å². The summed E-state index contributed by atoms with van der Waals surface area (Å²) in [6.45, 7) is 2.12. The summed E-state index contributed by atoms with van der Waals surface area (Å²) in [5.41, 5.74) is 11.1. The molecule has 0 unspecified atom stereocenters. The smallest absolute Gasteiger partial charge is 0.148 e. The van der Waals surface area contributed by atoms with Crippen LogP contribution < -0.4 is 11.5 Å². The van der Waals surface area contributed by atoms with Gasteiger partial charge in [-0.25, -0.2) is 0 Å². The Labute approximate surface area is 89.6 Å². The molecule has 0 aromatic carbocycles. The molecule has 1 heterocycles. The van der Waals surface area contributed by atoms with Gasteiger partial charge in [-0.15, -0.1) is 0 Å². The average Bonchev–Trinajstić information content (AvgIpc) is 2.20. The predicted molar refractivity (Wildman–Crippen MR) is 60.3 cm³/mol. The molecule has 0 saturated carbocycles. The first-order chi connectivity index (χ1) is 6.63. The molecule has 0 bridgehead atoms. The minimum absolute atomic E-state index is 0.289. The third kappa shape index (κ3) is 3.20. The summed E-state index contributed by atoms with van der Waals surface area (Å²) in [5, 5.41) is 0.335. The van der Waals surface area contributed by atoms with Crippen molar-refractivity contribution < 1.29 is 0 Å². The first kappa shape index (κ1) is 11.3. The molecule has 0 amide bonds. The summed E-state index contributed by atoms with van der Waals surface area (Å²) in [6.07, 6.45) is 3.34. The third-order valence-corrected chi connectivity index (χ3v) is 2.72. The molecule has 0 atom stereocenters. The maximum Gasteiger partial charge on any atom is 0.148 e. The summed E-state index contributed by atoms with van der Waals surface area (Å²) in [7, 11) is 2.11. The van der Waals surface area contributed by atoms with E-state index in [9.17, 15) is 0 Å². The first-order valence-electron chi connectivity index (χ1n) is 4.73. The van der Waals surface area contributed by atoms with Crippen LogP contribution in [-0.4, -0.2) is 36.2 Å². The number of nitrogens with two attached hydrogens (primary N) is 2. The van der Waals surface area contributed by atoms with Gasteiger partial charge in [-0.2, -0.15) is 0 Å². The molecule has 1 fully saturated rings. The van der Waals surface area contributed by atoms with E-state index in [4.69, 9.17) is 23.1 Å². The number of hydrogen-bond acceptors (Lipinski definition) is 4. The van der Waals surface area contributed by atoms with Crippen molar-refractivity contribution in [1.82, 2.24) is 4.90 Å². The number of allylic oxidation sites excluding steroid dienone is 1. The molecule has 14 heavy (non-hydrogen) atoms. The molecule has 5 heteroatoms. The van der Waals surface area contributed by atoms with Crippen LogP contribution in [0.4, 0.5) is 0 Å². The molecule has 0 radical (unpaired) electrons. The van der Waals surface area contributed by atoms with Crippen LogP contribution in [0.2, 0.25) is 0 Å². The zero-order valence-corrected chi connectivity index (χ0v) is 9.17. The minimum atomic E-state index is 0.289. The van der Waals surface area contributed by atoms with Crippen LogP contribution in [0.15, 0.2) is 16.9 Å². The average molecular weight is 217 g/mol. The second-order valence-electron chi connectivity index (χ2n) is 3.58. The quantitative estimate of drug-likeness (QED) is 0.660. The van der Waals surface area contributed by atoms with Crippen molar-refractivity contribution in [2.45, 2.75) is 18.9 Å². The Hall–Kier alpha value is -0.740. The molecular weight excluding hydrogens is 200 g/mol. The van der Waals surface area contributed by atoms with Crippen LogP contribution in [0.1, 0.15) is 12.8 Å². The van der Waals surface area contributed by atoms with E-state index in [1.807, 2.05) is 0 Å². The summed E-state index contributed by atoms with van der Waals surface area (Å²) in [6, 6.07) is 0.289. The van der Waals surface area contributed by atoms with Gasteiger partial charge in [0.25, 0.3) is 0 Å². The molecule has 0 aliphatic carbocycles. The number of piperidine rings is 1. The highest BCUT2D eigenvalue weighted by molar-refractivity contribution is 6.69. The van der Waals surface area contributed by atoms with Crippen LogP contribution in [-0.2, 0) is 0 Å². The van der Waals surface area contributed by atoms with Crippen LogP contribution in [0.5, 0.6) is 0 Å². The SMILES string of the molecule is CN1CCC(N=C(Cl)C(N)=CN)CC1. The van der Waals surface area contributed by atoms with Crippen molar-refractivity contribution >= 4 is 16.8 Å². The number of nitrogens with zero attached hydrogens (tertiary/aromatic N) is 2. The zero-order valence-electron chi connectivity index (χ0n) is 8.41. The first-order valence-corrected chi connectivity index (χ1v) is 5.11. The normalized spacial score (nSPS) is 22.7. The molecule has 1 aliphatic heterocycles. The van der Waals surface area contributed by atoms with Crippen molar-refractivity contribution in [3.05, 3.63) is 11.9 Å². The van der Waals surface area contributed by atoms with E-state index in [-0.39, 0.29) is 6.04 Å². The van der Waals surface area contributed by atoms with Gasteiger partial charge < -0.3 is 16.4 Å². The fourth-order valence-electron chi connectivity index (χ4n) is 1.43. The standard InChI is InChI=1S/C9H17ClN4/c1-14-4-2-7(3-5-14)13-9(10)8(12)6-11/h6-7H,2-5,11-12H2,1H3. The van der Waals surface area contributed by atoms with Crippen LogP contribution in [0.25, 0.3) is 0 Å². The molecule has 0 aromatic rings. The number of hydrogen-bond donors (Lipinski definition) is 2. The zero-order chi connectivity index (χ0) is 10.6. The highest BCUT2D eigenvalue weighted by Crippen LogP contribution is 2.13. The highest BCUT2D eigenvalue weighted by Gasteiger charge is 2.16. The van der Waals surface area contributed by atoms with Crippen molar-refractivity contribution in [2.24, 2.45) is 16.5 Å². The maximum atomic E-state index is 5.86. The lowest BCUT2D eigenvalue weighted by Crippen LogP contribution is -2.32. The number of halogens is 1. The highest BCUT2D eigenvalue weighted by atomic mass is 35.5. The van der Waals surface area contributed by atoms with Gasteiger partial charge in [0.2, 0.25) is 0 Å². The van der Waals surface area contributed by atoms with E-state index in [2.05, 4.69) is 16.9 Å². The maximum absolute atomic E-state index is 5.86. The minimum Gasteiger partial charge on any atom is -0.403 e. The Morgan fingerprint density at radius 3 is 2.57 bits per heavy atom. The summed E-state index contributed by atoms with van der Waals surface area (Å²) >= 11 is 5.86. The van der Waals surface area contributed by atoms with Crippen molar-refractivity contribution in [2.75, 3.05) is 20.1 Å². The van der Waals surface area contributed by atoms with Crippen molar-refractivity contribution in [3.8, 4) is 0 Å². The third-order valence-electron chi connectivity index (χ3n) is 2.40. The van der Waals surface area contributed by atoms with E-state index in [1.165, 1.54) is 6.20 Å². The largest absolute Gasteiger partial charge is 0.403 e. The molecule has 4 N–H and O–H groups in total. The molecule has 0 spiro atoms. The molecule has 0 aromatic heterocycles. The van der Waals surface area contributed by atoms with Gasteiger partial charge in [0.05, 0.1) is 11.7 Å². The number of rotatable bonds is 2. The van der Waals surface area contributed by atoms with Gasteiger partial charge in [-0.3, -0.25) is 4.99 Å². The van der Waals surface area contributed by atoms with Gasteiger partial charge in [-0.05, 0) is 33.0 Å². The van der Waals surface area contributed by atoms with Crippen LogP contribution in [0, 0.1) is 0 Å². The Bertz CT molecular complexity index is 241. The van der Waals surface area contributed by atoms with Gasteiger partial charge in [0.15, 0.2) is 0 Å². The van der Waals surface area contributed by atoms with Crippen molar-refractivity contribution in [1.29, 1.82) is 0 Å². The van der Waals surface area contributed by atoms with Crippen LogP contribution in [0.3, 0.4) is 0 Å². The molecule has 1 rings (SSSR count). The monoisotopic (exact) mass is 216 g/mol. The summed E-state index contributed by atoms with van der Waals surface area (Å²) in [5.74, 6) is 0. The number of likely N-dealkylation sites (tertiary alicyclic amines) is 1. The van der Waals surface area contributed by atoms with E-state index >= 15 is 0 Å². The van der Waals surface area contributed by atoms with Gasteiger partial charge in [0.1, 0.15) is 5.17 Å². The van der Waals surface area contributed by atoms with E-state index < -0.39 is 0 Å². The lowest BCUT2D eigenvalue weighted by Gasteiger charge is -2.26. The lowest BCUT2D eigenvalue weighted by molar-refractivity contribution is 0.257. The topological polar surface area (TPSA) is 67.6 Å². The summed E-state index contributed by atoms with van der Waals surface area (Å²) < 4.78 is 0. The van der Waals surface area contributed by atoms with Crippen LogP contribution >= 0.6 is 11.6 Å². The Kier molecular flexibility index (Phi) is 4.22. The van der Waals surface area contributed by atoms with Gasteiger partial charge in [0, 0.05) is 6.20 Å².